The minimum absolute atomic E-state index is 0.0741. The Kier molecular flexibility index (Phi) is 6.35. The van der Waals surface area contributed by atoms with Gasteiger partial charge in [0, 0.05) is 49.2 Å². The molecule has 1 amide bonds. The molecular weight excluding hydrogens is 406 g/mol. The third-order valence-corrected chi connectivity index (χ3v) is 5.86. The van der Waals surface area contributed by atoms with E-state index in [9.17, 15) is 13.6 Å². The second-order valence-corrected chi connectivity index (χ2v) is 8.25. The van der Waals surface area contributed by atoms with Crippen LogP contribution in [0.5, 0.6) is 0 Å². The summed E-state index contributed by atoms with van der Waals surface area (Å²) in [6, 6.07) is 10.6. The van der Waals surface area contributed by atoms with Crippen LogP contribution in [-0.2, 0) is 6.54 Å². The highest BCUT2D eigenvalue weighted by molar-refractivity contribution is 7.09. The number of halogens is 2. The van der Waals surface area contributed by atoms with Gasteiger partial charge in [-0.25, -0.2) is 13.8 Å². The molecular formula is C22H22F2N4OS. The maximum atomic E-state index is 13.3. The highest BCUT2D eigenvalue weighted by atomic mass is 32.1. The summed E-state index contributed by atoms with van der Waals surface area (Å²) in [5, 5.41) is 4.73. The van der Waals surface area contributed by atoms with Crippen LogP contribution in [0.2, 0.25) is 0 Å². The van der Waals surface area contributed by atoms with Crippen molar-refractivity contribution >= 4 is 28.7 Å². The van der Waals surface area contributed by atoms with E-state index >= 15 is 0 Å². The first-order valence-corrected chi connectivity index (χ1v) is 10.7. The van der Waals surface area contributed by atoms with Crippen molar-refractivity contribution in [2.45, 2.75) is 13.0 Å². The van der Waals surface area contributed by atoms with Crippen molar-refractivity contribution in [2.24, 2.45) is 0 Å². The molecule has 3 aromatic rings. The minimum Gasteiger partial charge on any atom is -0.355 e. The second kappa shape index (κ2) is 9.32. The third-order valence-electron chi connectivity index (χ3n) is 5.00. The molecule has 0 bridgehead atoms. The minimum atomic E-state index is -0.789. The Hall–Kier alpha value is -2.84. The Balaban J connectivity index is 1.35. The van der Waals surface area contributed by atoms with Crippen molar-refractivity contribution < 1.29 is 13.6 Å². The number of benzene rings is 1. The van der Waals surface area contributed by atoms with Gasteiger partial charge in [-0.05, 0) is 42.1 Å². The number of thiophene rings is 1. The lowest BCUT2D eigenvalue weighted by Gasteiger charge is -2.22. The van der Waals surface area contributed by atoms with Crippen molar-refractivity contribution in [3.8, 4) is 0 Å². The first kappa shape index (κ1) is 20.4. The molecule has 8 heteroatoms. The van der Waals surface area contributed by atoms with Crippen LogP contribution in [0.1, 0.15) is 21.7 Å². The molecule has 1 N–H and O–H groups in total. The van der Waals surface area contributed by atoms with Crippen LogP contribution in [-0.4, -0.2) is 42.0 Å². The molecule has 0 aliphatic carbocycles. The fourth-order valence-electron chi connectivity index (χ4n) is 3.52. The fraction of sp³-hybridized carbons (Fsp3) is 0.273. The number of aromatic nitrogens is 1. The first-order valence-electron chi connectivity index (χ1n) is 9.80. The summed E-state index contributed by atoms with van der Waals surface area (Å²) in [5.74, 6) is -1.31. The summed E-state index contributed by atoms with van der Waals surface area (Å²) in [7, 11) is 0. The average Bonchev–Trinajstić information content (AvgIpc) is 3.12. The molecule has 0 saturated carbocycles. The number of carbonyl (C=O) groups excluding carboxylic acids is 1. The van der Waals surface area contributed by atoms with Crippen LogP contribution >= 0.6 is 11.3 Å². The van der Waals surface area contributed by atoms with Crippen LogP contribution < -0.4 is 10.2 Å². The van der Waals surface area contributed by atoms with Gasteiger partial charge in [0.05, 0.1) is 11.9 Å². The Bertz CT molecular complexity index is 975. The van der Waals surface area contributed by atoms with Gasteiger partial charge in [-0.1, -0.05) is 6.07 Å². The van der Waals surface area contributed by atoms with E-state index in [0.29, 0.717) is 5.69 Å². The number of carbonyl (C=O) groups is 1. The predicted octanol–water partition coefficient (Wildman–Crippen LogP) is 4.39. The number of amides is 1. The molecule has 0 radical (unpaired) electrons. The molecule has 4 rings (SSSR count). The van der Waals surface area contributed by atoms with Gasteiger partial charge in [0.15, 0.2) is 0 Å². The van der Waals surface area contributed by atoms with E-state index in [1.807, 2.05) is 6.07 Å². The Labute approximate surface area is 178 Å². The summed E-state index contributed by atoms with van der Waals surface area (Å²) >= 11 is 1.78. The molecule has 0 spiro atoms. The van der Waals surface area contributed by atoms with Crippen molar-refractivity contribution in [1.82, 2.24) is 9.88 Å². The van der Waals surface area contributed by atoms with Crippen LogP contribution in [0.25, 0.3) is 0 Å². The Morgan fingerprint density at radius 1 is 1.07 bits per heavy atom. The van der Waals surface area contributed by atoms with Crippen LogP contribution in [0.3, 0.4) is 0 Å². The summed E-state index contributed by atoms with van der Waals surface area (Å²) in [4.78, 5) is 22.8. The second-order valence-electron chi connectivity index (χ2n) is 7.21. The molecule has 0 atom stereocenters. The summed E-state index contributed by atoms with van der Waals surface area (Å²) in [6.07, 6.45) is 2.62. The maximum absolute atomic E-state index is 13.3. The van der Waals surface area contributed by atoms with E-state index in [1.54, 1.807) is 23.6 Å². The number of nitrogens with zero attached hydrogens (tertiary/aromatic N) is 3. The SMILES string of the molecule is O=C(Nc1ccc(N2CCCN(Cc3cccs3)CC2)nc1)c1cc(F)cc(F)c1. The monoisotopic (exact) mass is 428 g/mol. The fourth-order valence-corrected chi connectivity index (χ4v) is 4.26. The maximum Gasteiger partial charge on any atom is 0.255 e. The smallest absolute Gasteiger partial charge is 0.255 e. The molecule has 156 valence electrons. The van der Waals surface area contributed by atoms with Gasteiger partial charge in [0.1, 0.15) is 17.5 Å². The number of pyridine rings is 1. The molecule has 1 aliphatic heterocycles. The molecule has 1 aliphatic rings. The molecule has 0 unspecified atom stereocenters. The van der Waals surface area contributed by atoms with Crippen LogP contribution in [0, 0.1) is 11.6 Å². The van der Waals surface area contributed by atoms with Crippen molar-refractivity contribution in [1.29, 1.82) is 0 Å². The largest absolute Gasteiger partial charge is 0.355 e. The summed E-state index contributed by atoms with van der Waals surface area (Å²) in [6.45, 7) is 4.79. The quantitative estimate of drug-likeness (QED) is 0.655. The number of hydrogen-bond acceptors (Lipinski definition) is 5. The van der Waals surface area contributed by atoms with E-state index in [-0.39, 0.29) is 5.56 Å². The molecule has 3 heterocycles. The average molecular weight is 429 g/mol. The lowest BCUT2D eigenvalue weighted by atomic mass is 10.2. The van der Waals surface area contributed by atoms with Crippen LogP contribution in [0.4, 0.5) is 20.3 Å². The zero-order chi connectivity index (χ0) is 20.9. The highest BCUT2D eigenvalue weighted by Gasteiger charge is 2.17. The summed E-state index contributed by atoms with van der Waals surface area (Å²) in [5.41, 5.74) is 0.400. The van der Waals surface area contributed by atoms with Gasteiger partial charge < -0.3 is 10.2 Å². The van der Waals surface area contributed by atoms with E-state index < -0.39 is 17.5 Å². The number of rotatable bonds is 5. The number of nitrogens with one attached hydrogen (secondary N) is 1. The molecule has 1 saturated heterocycles. The first-order chi connectivity index (χ1) is 14.6. The van der Waals surface area contributed by atoms with Crippen molar-refractivity contribution in [2.75, 3.05) is 36.4 Å². The van der Waals surface area contributed by atoms with E-state index in [4.69, 9.17) is 0 Å². The number of anilines is 2. The van der Waals surface area contributed by atoms with Crippen molar-refractivity contribution in [3.63, 3.8) is 0 Å². The lowest BCUT2D eigenvalue weighted by molar-refractivity contribution is 0.102. The zero-order valence-corrected chi connectivity index (χ0v) is 17.2. The van der Waals surface area contributed by atoms with Gasteiger partial charge in [-0.3, -0.25) is 9.69 Å². The van der Waals surface area contributed by atoms with E-state index in [1.165, 1.54) is 4.88 Å². The lowest BCUT2D eigenvalue weighted by Crippen LogP contribution is -2.30. The Morgan fingerprint density at radius 2 is 1.90 bits per heavy atom. The van der Waals surface area contributed by atoms with E-state index in [2.05, 4.69) is 37.6 Å². The third kappa shape index (κ3) is 5.20. The van der Waals surface area contributed by atoms with Crippen molar-refractivity contribution in [3.05, 3.63) is 76.1 Å². The highest BCUT2D eigenvalue weighted by Crippen LogP contribution is 2.19. The van der Waals surface area contributed by atoms with Gasteiger partial charge in [0.25, 0.3) is 5.91 Å². The van der Waals surface area contributed by atoms with Gasteiger partial charge in [-0.15, -0.1) is 11.3 Å². The molecule has 5 nitrogen and oxygen atoms in total. The van der Waals surface area contributed by atoms with Gasteiger partial charge in [-0.2, -0.15) is 0 Å². The zero-order valence-electron chi connectivity index (χ0n) is 16.4. The van der Waals surface area contributed by atoms with E-state index in [0.717, 1.165) is 63.2 Å². The standard InChI is InChI=1S/C22H22F2N4OS/c23-17-11-16(12-18(24)13-17)22(29)26-19-4-5-21(25-14-19)28-7-2-6-27(8-9-28)15-20-3-1-10-30-20/h1,3-5,10-14H,2,6-9,15H2,(H,26,29). The topological polar surface area (TPSA) is 48.5 Å². The Morgan fingerprint density at radius 3 is 2.60 bits per heavy atom. The normalized spacial score (nSPS) is 15.1. The van der Waals surface area contributed by atoms with Gasteiger partial charge >= 0.3 is 0 Å². The predicted molar refractivity (Wildman–Crippen MR) is 115 cm³/mol. The molecule has 30 heavy (non-hydrogen) atoms. The number of hydrogen-bond donors (Lipinski definition) is 1. The van der Waals surface area contributed by atoms with Gasteiger partial charge in [0.2, 0.25) is 0 Å². The molecule has 1 aromatic carbocycles. The summed E-state index contributed by atoms with van der Waals surface area (Å²) < 4.78 is 26.6. The molecule has 2 aromatic heterocycles. The molecule has 1 fully saturated rings. The van der Waals surface area contributed by atoms with Crippen LogP contribution in [0.15, 0.2) is 54.0 Å².